The average molecular weight is 266 g/mol. The van der Waals surface area contributed by atoms with Crippen molar-refractivity contribution < 1.29 is 8.42 Å². The molecule has 0 aliphatic rings. The van der Waals surface area contributed by atoms with Gasteiger partial charge in [-0.3, -0.25) is 0 Å². The molecule has 1 N–H and O–H groups in total. The van der Waals surface area contributed by atoms with Gasteiger partial charge in [-0.15, -0.1) is 0 Å². The lowest BCUT2D eigenvalue weighted by Crippen LogP contribution is -2.42. The van der Waals surface area contributed by atoms with Gasteiger partial charge < -0.3 is 0 Å². The number of benzene rings is 1. The summed E-state index contributed by atoms with van der Waals surface area (Å²) in [6.45, 7) is 5.61. The molecule has 0 fully saturated rings. The molecule has 1 aromatic carbocycles. The monoisotopic (exact) mass is 266 g/mol. The van der Waals surface area contributed by atoms with Gasteiger partial charge in [0.25, 0.3) is 0 Å². The summed E-state index contributed by atoms with van der Waals surface area (Å²) in [4.78, 5) is 0.228. The Kier molecular flexibility index (Phi) is 4.49. The van der Waals surface area contributed by atoms with Gasteiger partial charge in [-0.2, -0.15) is 5.26 Å². The fourth-order valence-electron chi connectivity index (χ4n) is 1.37. The first-order valence-corrected chi connectivity index (χ1v) is 7.29. The van der Waals surface area contributed by atoms with Crippen LogP contribution in [0.15, 0.2) is 29.2 Å². The summed E-state index contributed by atoms with van der Waals surface area (Å²) >= 11 is 0. The second-order valence-corrected chi connectivity index (χ2v) is 6.50. The first-order valence-electron chi connectivity index (χ1n) is 5.80. The van der Waals surface area contributed by atoms with E-state index < -0.39 is 15.6 Å². The SMILES string of the molecule is CCC(C)(C)NS(=O)(=O)c1ccc(CC#N)cc1. The first kappa shape index (κ1) is 14.7. The van der Waals surface area contributed by atoms with Crippen molar-refractivity contribution in [1.82, 2.24) is 4.72 Å². The molecule has 0 bridgehead atoms. The average Bonchev–Trinajstić information content (AvgIpc) is 2.29. The van der Waals surface area contributed by atoms with Crippen molar-refractivity contribution in [3.05, 3.63) is 29.8 Å². The molecule has 0 aliphatic carbocycles. The fraction of sp³-hybridized carbons (Fsp3) is 0.462. The van der Waals surface area contributed by atoms with E-state index in [1.54, 1.807) is 12.1 Å². The lowest BCUT2D eigenvalue weighted by Gasteiger charge is -2.24. The zero-order chi connectivity index (χ0) is 13.8. The Morgan fingerprint density at radius 2 is 1.83 bits per heavy atom. The van der Waals surface area contributed by atoms with Gasteiger partial charge in [0.05, 0.1) is 17.4 Å². The maximum absolute atomic E-state index is 12.1. The standard InChI is InChI=1S/C13H18N2O2S/c1-4-13(2,3)15-18(16,17)12-7-5-11(6-8-12)9-10-14/h5-8,15H,4,9H2,1-3H3. The van der Waals surface area contributed by atoms with Crippen LogP contribution in [0.1, 0.15) is 32.8 Å². The molecule has 0 radical (unpaired) electrons. The van der Waals surface area contributed by atoms with Gasteiger partial charge in [0.15, 0.2) is 0 Å². The Labute approximate surface area is 109 Å². The molecule has 4 nitrogen and oxygen atoms in total. The first-order chi connectivity index (χ1) is 8.30. The Morgan fingerprint density at radius 1 is 1.28 bits per heavy atom. The van der Waals surface area contributed by atoms with Crippen LogP contribution in [0, 0.1) is 11.3 Å². The van der Waals surface area contributed by atoms with Crippen molar-refractivity contribution in [3.63, 3.8) is 0 Å². The molecule has 0 saturated carbocycles. The van der Waals surface area contributed by atoms with Crippen molar-refractivity contribution in [2.45, 2.75) is 44.0 Å². The predicted molar refractivity (Wildman–Crippen MR) is 70.5 cm³/mol. The number of hydrogen-bond acceptors (Lipinski definition) is 3. The molecular formula is C13H18N2O2S. The highest BCUT2D eigenvalue weighted by Crippen LogP contribution is 2.16. The smallest absolute Gasteiger partial charge is 0.207 e. The summed E-state index contributed by atoms with van der Waals surface area (Å²) in [5.41, 5.74) is 0.343. The third-order valence-corrected chi connectivity index (χ3v) is 4.53. The third kappa shape index (κ3) is 3.83. The maximum Gasteiger partial charge on any atom is 0.241 e. The molecule has 1 rings (SSSR count). The van der Waals surface area contributed by atoms with E-state index in [9.17, 15) is 8.42 Å². The summed E-state index contributed by atoms with van der Waals surface area (Å²) in [6, 6.07) is 8.41. The molecule has 98 valence electrons. The number of nitriles is 1. The minimum Gasteiger partial charge on any atom is -0.207 e. The number of nitrogens with zero attached hydrogens (tertiary/aromatic N) is 1. The largest absolute Gasteiger partial charge is 0.241 e. The van der Waals surface area contributed by atoms with Crippen molar-refractivity contribution in [3.8, 4) is 6.07 Å². The Hall–Kier alpha value is -1.38. The molecule has 1 aromatic rings. The van der Waals surface area contributed by atoms with Gasteiger partial charge in [-0.1, -0.05) is 19.1 Å². The van der Waals surface area contributed by atoms with E-state index in [0.717, 1.165) is 5.56 Å². The van der Waals surface area contributed by atoms with Crippen molar-refractivity contribution in [1.29, 1.82) is 5.26 Å². The van der Waals surface area contributed by atoms with Gasteiger partial charge in [-0.05, 0) is 38.0 Å². The number of rotatable bonds is 5. The molecule has 0 amide bonds. The lowest BCUT2D eigenvalue weighted by atomic mass is 10.0. The molecule has 0 unspecified atom stereocenters. The van der Waals surface area contributed by atoms with E-state index in [1.807, 2.05) is 26.8 Å². The second-order valence-electron chi connectivity index (χ2n) is 4.82. The van der Waals surface area contributed by atoms with E-state index in [2.05, 4.69) is 4.72 Å². The van der Waals surface area contributed by atoms with Crippen molar-refractivity contribution >= 4 is 10.0 Å². The summed E-state index contributed by atoms with van der Waals surface area (Å²) < 4.78 is 26.9. The Bertz CT molecular complexity index is 539. The fourth-order valence-corrected chi connectivity index (χ4v) is 2.86. The number of sulfonamides is 1. The van der Waals surface area contributed by atoms with Crippen LogP contribution in [0.4, 0.5) is 0 Å². The minimum atomic E-state index is -3.49. The van der Waals surface area contributed by atoms with Crippen LogP contribution >= 0.6 is 0 Å². The molecule has 18 heavy (non-hydrogen) atoms. The van der Waals surface area contributed by atoms with Crippen LogP contribution < -0.4 is 4.72 Å². The minimum absolute atomic E-state index is 0.228. The van der Waals surface area contributed by atoms with E-state index in [1.165, 1.54) is 12.1 Å². The van der Waals surface area contributed by atoms with E-state index in [-0.39, 0.29) is 11.3 Å². The van der Waals surface area contributed by atoms with Gasteiger partial charge in [0.2, 0.25) is 10.0 Å². The Morgan fingerprint density at radius 3 is 2.28 bits per heavy atom. The maximum atomic E-state index is 12.1. The normalized spacial score (nSPS) is 12.1. The lowest BCUT2D eigenvalue weighted by molar-refractivity contribution is 0.439. The highest BCUT2D eigenvalue weighted by atomic mass is 32.2. The summed E-state index contributed by atoms with van der Waals surface area (Å²) in [5, 5.41) is 8.55. The van der Waals surface area contributed by atoms with Crippen LogP contribution in [0.3, 0.4) is 0 Å². The van der Waals surface area contributed by atoms with Crippen LogP contribution in [-0.4, -0.2) is 14.0 Å². The molecule has 0 aliphatic heterocycles. The second kappa shape index (κ2) is 5.51. The topological polar surface area (TPSA) is 70.0 Å². The molecule has 0 atom stereocenters. The number of hydrogen-bond donors (Lipinski definition) is 1. The van der Waals surface area contributed by atoms with Gasteiger partial charge in [-0.25, -0.2) is 13.1 Å². The highest BCUT2D eigenvalue weighted by Gasteiger charge is 2.24. The molecule has 0 spiro atoms. The zero-order valence-corrected chi connectivity index (χ0v) is 11.7. The van der Waals surface area contributed by atoms with Crippen LogP contribution in [0.2, 0.25) is 0 Å². The number of nitrogens with one attached hydrogen (secondary N) is 1. The van der Waals surface area contributed by atoms with Crippen LogP contribution in [-0.2, 0) is 16.4 Å². The third-order valence-electron chi connectivity index (χ3n) is 2.81. The summed E-state index contributed by atoms with van der Waals surface area (Å²) in [7, 11) is -3.49. The molecular weight excluding hydrogens is 248 g/mol. The molecule has 0 saturated heterocycles. The summed E-state index contributed by atoms with van der Waals surface area (Å²) in [6.07, 6.45) is 0.993. The van der Waals surface area contributed by atoms with Crippen molar-refractivity contribution in [2.75, 3.05) is 0 Å². The van der Waals surface area contributed by atoms with Crippen LogP contribution in [0.25, 0.3) is 0 Å². The van der Waals surface area contributed by atoms with E-state index in [0.29, 0.717) is 6.42 Å². The highest BCUT2D eigenvalue weighted by molar-refractivity contribution is 7.89. The van der Waals surface area contributed by atoms with Crippen LogP contribution in [0.5, 0.6) is 0 Å². The molecule has 5 heteroatoms. The van der Waals surface area contributed by atoms with E-state index in [4.69, 9.17) is 5.26 Å². The predicted octanol–water partition coefficient (Wildman–Crippen LogP) is 2.22. The zero-order valence-electron chi connectivity index (χ0n) is 10.9. The van der Waals surface area contributed by atoms with E-state index >= 15 is 0 Å². The van der Waals surface area contributed by atoms with Gasteiger partial charge in [0, 0.05) is 5.54 Å². The van der Waals surface area contributed by atoms with Gasteiger partial charge in [0.1, 0.15) is 0 Å². The molecule has 0 heterocycles. The summed E-state index contributed by atoms with van der Waals surface area (Å²) in [5.74, 6) is 0. The van der Waals surface area contributed by atoms with Gasteiger partial charge >= 0.3 is 0 Å². The quantitative estimate of drug-likeness (QED) is 0.888. The van der Waals surface area contributed by atoms with Crippen molar-refractivity contribution in [2.24, 2.45) is 0 Å². The Balaban J connectivity index is 2.96. The molecule has 0 aromatic heterocycles.